The van der Waals surface area contributed by atoms with E-state index in [-0.39, 0.29) is 5.92 Å². The first kappa shape index (κ1) is 17.6. The first-order chi connectivity index (χ1) is 11.3. The van der Waals surface area contributed by atoms with Crippen LogP contribution in [-0.4, -0.2) is 32.9 Å². The lowest BCUT2D eigenvalue weighted by molar-refractivity contribution is -0.307. The minimum absolute atomic E-state index is 0.0826. The number of aliphatic carboxylic acids is 1. The number of amides is 1. The summed E-state index contributed by atoms with van der Waals surface area (Å²) in [6, 6.07) is 4.58. The van der Waals surface area contributed by atoms with E-state index in [1.165, 1.54) is 6.92 Å². The lowest BCUT2D eigenvalue weighted by Gasteiger charge is -2.22. The topological polar surface area (TPSA) is 117 Å². The number of rotatable bonds is 6. The van der Waals surface area contributed by atoms with Gasteiger partial charge in [0.1, 0.15) is 11.6 Å². The molecule has 0 saturated heterocycles. The Balaban J connectivity index is 2.44. The fraction of sp³-hybridized carbons (Fsp3) is 0.438. The second-order valence-electron chi connectivity index (χ2n) is 6.05. The second kappa shape index (κ2) is 7.20. The van der Waals surface area contributed by atoms with Crippen molar-refractivity contribution in [2.75, 3.05) is 0 Å². The summed E-state index contributed by atoms with van der Waals surface area (Å²) in [6.07, 6.45) is 0.318. The van der Waals surface area contributed by atoms with Gasteiger partial charge in [-0.3, -0.25) is 9.59 Å². The monoisotopic (exact) mass is 331 g/mol. The highest BCUT2D eigenvalue weighted by atomic mass is 16.4. The van der Waals surface area contributed by atoms with Crippen molar-refractivity contribution in [3.63, 3.8) is 0 Å². The molecule has 0 aliphatic rings. The van der Waals surface area contributed by atoms with Crippen LogP contribution in [0.5, 0.6) is 0 Å². The number of nitrogens with one attached hydrogen (secondary N) is 1. The van der Waals surface area contributed by atoms with Crippen molar-refractivity contribution in [2.45, 2.75) is 39.3 Å². The molecule has 24 heavy (non-hydrogen) atoms. The largest absolute Gasteiger partial charge is 0.548 e. The molecule has 2 rings (SSSR count). The van der Waals surface area contributed by atoms with E-state index >= 15 is 0 Å². The highest BCUT2D eigenvalue weighted by Crippen LogP contribution is 2.16. The van der Waals surface area contributed by atoms with E-state index in [2.05, 4.69) is 15.6 Å². The zero-order valence-corrected chi connectivity index (χ0v) is 13.7. The molecular formula is C16H19N4O4-. The Morgan fingerprint density at radius 3 is 2.54 bits per heavy atom. The molecule has 2 aromatic rings. The Labute approximate surface area is 138 Å². The molecule has 0 fully saturated rings. The predicted molar refractivity (Wildman–Crippen MR) is 84.9 cm³/mol. The summed E-state index contributed by atoms with van der Waals surface area (Å²) in [5.41, 5.74) is -0.00642. The summed E-state index contributed by atoms with van der Waals surface area (Å²) >= 11 is 0. The Morgan fingerprint density at radius 2 is 1.92 bits per heavy atom. The molecule has 0 aliphatic heterocycles. The fourth-order valence-electron chi connectivity index (χ4n) is 2.34. The van der Waals surface area contributed by atoms with Gasteiger partial charge in [-0.1, -0.05) is 31.2 Å². The quantitative estimate of drug-likeness (QED) is 0.772. The lowest BCUT2D eigenvalue weighted by atomic mass is 10.0. The van der Waals surface area contributed by atoms with Gasteiger partial charge in [0.05, 0.1) is 17.4 Å². The normalized spacial score (nSPS) is 13.7. The molecule has 0 unspecified atom stereocenters. The highest BCUT2D eigenvalue weighted by molar-refractivity contribution is 5.85. The Kier molecular flexibility index (Phi) is 5.28. The molecule has 2 atom stereocenters. The standard InChI is InChI=1S/C16H20N4O4/c1-9(2)8-13(14(21)17-10(3)16(23)24)20-15(22)11-6-4-5-7-12(11)18-19-20/h4-7,9-10,13H,8H2,1-3H3,(H,17,21)(H,23,24)/p-1/t10-,13-/m0/s1. The van der Waals surface area contributed by atoms with Crippen LogP contribution in [0.2, 0.25) is 0 Å². The van der Waals surface area contributed by atoms with Gasteiger partial charge in [0, 0.05) is 0 Å². The zero-order valence-electron chi connectivity index (χ0n) is 13.7. The van der Waals surface area contributed by atoms with Crippen LogP contribution in [-0.2, 0) is 9.59 Å². The lowest BCUT2D eigenvalue weighted by Crippen LogP contribution is -2.49. The van der Waals surface area contributed by atoms with E-state index in [0.29, 0.717) is 17.3 Å². The van der Waals surface area contributed by atoms with Crippen molar-refractivity contribution >= 4 is 22.8 Å². The summed E-state index contributed by atoms with van der Waals surface area (Å²) in [7, 11) is 0. The average molecular weight is 331 g/mol. The van der Waals surface area contributed by atoms with Crippen LogP contribution in [0.25, 0.3) is 10.9 Å². The van der Waals surface area contributed by atoms with E-state index in [1.54, 1.807) is 24.3 Å². The molecule has 0 bridgehead atoms. The second-order valence-corrected chi connectivity index (χ2v) is 6.05. The molecule has 1 N–H and O–H groups in total. The van der Waals surface area contributed by atoms with Gasteiger partial charge >= 0.3 is 0 Å². The molecule has 0 spiro atoms. The van der Waals surface area contributed by atoms with Crippen LogP contribution >= 0.6 is 0 Å². The number of carboxylic acids is 1. The smallest absolute Gasteiger partial charge is 0.278 e. The van der Waals surface area contributed by atoms with Gasteiger partial charge in [-0.25, -0.2) is 0 Å². The van der Waals surface area contributed by atoms with Crippen LogP contribution < -0.4 is 16.0 Å². The van der Waals surface area contributed by atoms with Crippen molar-refractivity contribution in [3.8, 4) is 0 Å². The molecule has 0 radical (unpaired) electrons. The third kappa shape index (κ3) is 3.76. The van der Waals surface area contributed by atoms with Crippen molar-refractivity contribution in [2.24, 2.45) is 5.92 Å². The Hall–Kier alpha value is -2.77. The average Bonchev–Trinajstić information content (AvgIpc) is 2.53. The molecule has 1 aromatic heterocycles. The molecule has 8 nitrogen and oxygen atoms in total. The minimum atomic E-state index is -1.40. The van der Waals surface area contributed by atoms with Gasteiger partial charge in [-0.2, -0.15) is 4.68 Å². The molecule has 128 valence electrons. The highest BCUT2D eigenvalue weighted by Gasteiger charge is 2.26. The van der Waals surface area contributed by atoms with Gasteiger partial charge in [0.2, 0.25) is 5.91 Å². The number of carbonyl (C=O) groups excluding carboxylic acids is 2. The Bertz CT molecular complexity index is 815. The van der Waals surface area contributed by atoms with Gasteiger partial charge in [-0.15, -0.1) is 5.10 Å². The summed E-state index contributed by atoms with van der Waals surface area (Å²) in [4.78, 5) is 35.9. The summed E-state index contributed by atoms with van der Waals surface area (Å²) < 4.78 is 1.01. The van der Waals surface area contributed by atoms with Gasteiger partial charge < -0.3 is 15.2 Å². The van der Waals surface area contributed by atoms with Gasteiger partial charge in [0.25, 0.3) is 5.56 Å². The fourth-order valence-corrected chi connectivity index (χ4v) is 2.34. The number of benzene rings is 1. The maximum Gasteiger partial charge on any atom is 0.278 e. The molecule has 0 saturated carbocycles. The first-order valence-electron chi connectivity index (χ1n) is 7.66. The maximum absolute atomic E-state index is 12.6. The molecule has 1 amide bonds. The SMILES string of the molecule is CC(C)C[C@@H](C(=O)N[C@@H](C)C(=O)[O-])n1nnc2ccccc2c1=O. The van der Waals surface area contributed by atoms with Gasteiger partial charge in [0.15, 0.2) is 0 Å². The van der Waals surface area contributed by atoms with Gasteiger partial charge in [-0.05, 0) is 31.4 Å². The molecular weight excluding hydrogens is 312 g/mol. The summed E-state index contributed by atoms with van der Waals surface area (Å²) in [5.74, 6) is -1.92. The molecule has 1 heterocycles. The zero-order chi connectivity index (χ0) is 17.9. The van der Waals surface area contributed by atoms with Crippen LogP contribution in [0.1, 0.15) is 33.2 Å². The van der Waals surface area contributed by atoms with E-state index in [9.17, 15) is 19.5 Å². The number of carbonyl (C=O) groups is 2. The number of fused-ring (bicyclic) bond motifs is 1. The van der Waals surface area contributed by atoms with Crippen molar-refractivity contribution in [1.82, 2.24) is 20.3 Å². The number of hydrogen-bond donors (Lipinski definition) is 1. The van der Waals surface area contributed by atoms with Crippen LogP contribution in [0.3, 0.4) is 0 Å². The number of hydrogen-bond acceptors (Lipinski definition) is 6. The maximum atomic E-state index is 12.6. The van der Waals surface area contributed by atoms with Crippen LogP contribution in [0, 0.1) is 5.92 Å². The molecule has 0 aliphatic carbocycles. The van der Waals surface area contributed by atoms with E-state index in [4.69, 9.17) is 0 Å². The number of aromatic nitrogens is 3. The molecule has 8 heteroatoms. The first-order valence-corrected chi connectivity index (χ1v) is 7.66. The van der Waals surface area contributed by atoms with E-state index < -0.39 is 29.5 Å². The van der Waals surface area contributed by atoms with Crippen molar-refractivity contribution < 1.29 is 14.7 Å². The predicted octanol–water partition coefficient (Wildman–Crippen LogP) is -0.367. The number of nitrogens with zero attached hydrogens (tertiary/aromatic N) is 3. The van der Waals surface area contributed by atoms with E-state index in [0.717, 1.165) is 4.68 Å². The van der Waals surface area contributed by atoms with Crippen molar-refractivity contribution in [3.05, 3.63) is 34.6 Å². The molecule has 1 aromatic carbocycles. The van der Waals surface area contributed by atoms with E-state index in [1.807, 2.05) is 13.8 Å². The van der Waals surface area contributed by atoms with Crippen LogP contribution in [0.4, 0.5) is 0 Å². The third-order valence-electron chi connectivity index (χ3n) is 3.60. The third-order valence-corrected chi connectivity index (χ3v) is 3.60. The Morgan fingerprint density at radius 1 is 1.25 bits per heavy atom. The summed E-state index contributed by atoms with van der Waals surface area (Å²) in [6.45, 7) is 5.08. The van der Waals surface area contributed by atoms with Crippen molar-refractivity contribution in [1.29, 1.82) is 0 Å². The minimum Gasteiger partial charge on any atom is -0.548 e. The number of carboxylic acid groups (broad SMARTS) is 1. The van der Waals surface area contributed by atoms with Crippen LogP contribution in [0.15, 0.2) is 29.1 Å². The summed E-state index contributed by atoms with van der Waals surface area (Å²) in [5, 5.41) is 21.3.